The predicted octanol–water partition coefficient (Wildman–Crippen LogP) is 4.12. The van der Waals surface area contributed by atoms with Gasteiger partial charge in [-0.2, -0.15) is 0 Å². The van der Waals surface area contributed by atoms with Gasteiger partial charge in [0.15, 0.2) is 5.76 Å². The van der Waals surface area contributed by atoms with Crippen LogP contribution < -0.4 is 14.2 Å². The Morgan fingerprint density at radius 3 is 2.65 bits per heavy atom. The van der Waals surface area contributed by atoms with Crippen molar-refractivity contribution >= 4 is 22.8 Å². The molecule has 3 aromatic rings. The number of benzene rings is 2. The van der Waals surface area contributed by atoms with Crippen LogP contribution in [0.2, 0.25) is 0 Å². The summed E-state index contributed by atoms with van der Waals surface area (Å²) in [6.07, 6.45) is 3.76. The lowest BCUT2D eigenvalue weighted by atomic mass is 10.1. The molecule has 1 aliphatic heterocycles. The van der Waals surface area contributed by atoms with Crippen LogP contribution in [0.3, 0.4) is 0 Å². The SMILES string of the molecule is COc1ccc2c(c1)c(C=C1Oc3c(ccc(OC)c3C)C1=O)cn2C. The summed E-state index contributed by atoms with van der Waals surface area (Å²) in [5.41, 5.74) is 3.34. The summed E-state index contributed by atoms with van der Waals surface area (Å²) >= 11 is 0. The van der Waals surface area contributed by atoms with Crippen molar-refractivity contribution in [3.63, 3.8) is 0 Å². The van der Waals surface area contributed by atoms with Crippen LogP contribution in [-0.2, 0) is 7.05 Å². The number of Topliss-reactive ketones (excluding diaryl/α,β-unsaturated/α-hetero) is 1. The van der Waals surface area contributed by atoms with E-state index in [1.54, 1.807) is 32.4 Å². The second kappa shape index (κ2) is 5.95. The van der Waals surface area contributed by atoms with E-state index in [1.165, 1.54) is 0 Å². The summed E-state index contributed by atoms with van der Waals surface area (Å²) in [6, 6.07) is 9.42. The lowest BCUT2D eigenvalue weighted by molar-refractivity contribution is 0.101. The van der Waals surface area contributed by atoms with Gasteiger partial charge in [-0.15, -0.1) is 0 Å². The Morgan fingerprint density at radius 1 is 1.12 bits per heavy atom. The zero-order chi connectivity index (χ0) is 18.4. The molecule has 0 unspecified atom stereocenters. The second-order valence-electron chi connectivity index (χ2n) is 6.29. The second-order valence-corrected chi connectivity index (χ2v) is 6.29. The highest BCUT2D eigenvalue weighted by atomic mass is 16.5. The molecule has 0 radical (unpaired) electrons. The van der Waals surface area contributed by atoms with Crippen LogP contribution in [-0.4, -0.2) is 24.6 Å². The van der Waals surface area contributed by atoms with Gasteiger partial charge in [-0.05, 0) is 43.3 Å². The van der Waals surface area contributed by atoms with Gasteiger partial charge < -0.3 is 18.8 Å². The number of aryl methyl sites for hydroxylation is 1. The van der Waals surface area contributed by atoms with Gasteiger partial charge in [-0.1, -0.05) is 0 Å². The smallest absolute Gasteiger partial charge is 0.231 e. The number of rotatable bonds is 3. The van der Waals surface area contributed by atoms with Crippen LogP contribution in [0.5, 0.6) is 17.2 Å². The molecular formula is C21H19NO4. The van der Waals surface area contributed by atoms with Crippen molar-refractivity contribution in [1.29, 1.82) is 0 Å². The molecule has 0 amide bonds. The molecule has 0 saturated carbocycles. The predicted molar refractivity (Wildman–Crippen MR) is 100 cm³/mol. The first kappa shape index (κ1) is 16.3. The normalized spacial score (nSPS) is 14.6. The molecule has 0 atom stereocenters. The molecule has 0 N–H and O–H groups in total. The third-order valence-corrected chi connectivity index (χ3v) is 4.77. The van der Waals surface area contributed by atoms with Gasteiger partial charge >= 0.3 is 0 Å². The Labute approximate surface area is 151 Å². The summed E-state index contributed by atoms with van der Waals surface area (Å²) in [5.74, 6) is 2.23. The van der Waals surface area contributed by atoms with Gasteiger partial charge in [0, 0.05) is 35.3 Å². The number of methoxy groups -OCH3 is 2. The minimum atomic E-state index is -0.120. The van der Waals surface area contributed by atoms with Crippen LogP contribution in [0.15, 0.2) is 42.3 Å². The quantitative estimate of drug-likeness (QED) is 0.668. The molecule has 1 aromatic heterocycles. The first-order valence-corrected chi connectivity index (χ1v) is 8.28. The standard InChI is InChI=1S/C21H19NO4/c1-12-18(25-4)8-6-15-20(23)19(26-21(12)15)9-13-11-22(2)17-7-5-14(24-3)10-16(13)17/h5-11H,1-4H3. The molecule has 0 spiro atoms. The number of ether oxygens (including phenoxy) is 3. The van der Waals surface area contributed by atoms with Gasteiger partial charge in [0.1, 0.15) is 17.2 Å². The maximum absolute atomic E-state index is 12.8. The van der Waals surface area contributed by atoms with Crippen molar-refractivity contribution in [1.82, 2.24) is 4.57 Å². The minimum absolute atomic E-state index is 0.120. The van der Waals surface area contributed by atoms with Gasteiger partial charge in [-0.3, -0.25) is 4.79 Å². The van der Waals surface area contributed by atoms with E-state index in [0.29, 0.717) is 22.8 Å². The van der Waals surface area contributed by atoms with Crippen LogP contribution in [0, 0.1) is 6.92 Å². The molecule has 0 bridgehead atoms. The number of fused-ring (bicyclic) bond motifs is 2. The lowest BCUT2D eigenvalue weighted by Gasteiger charge is -2.07. The van der Waals surface area contributed by atoms with Gasteiger partial charge in [0.2, 0.25) is 5.78 Å². The third-order valence-electron chi connectivity index (χ3n) is 4.77. The van der Waals surface area contributed by atoms with E-state index in [-0.39, 0.29) is 5.78 Å². The van der Waals surface area contributed by atoms with Crippen LogP contribution in [0.4, 0.5) is 0 Å². The molecule has 1 aliphatic rings. The lowest BCUT2D eigenvalue weighted by Crippen LogP contribution is -1.97. The average Bonchev–Trinajstić information content (AvgIpc) is 3.13. The minimum Gasteiger partial charge on any atom is -0.497 e. The number of ketones is 1. The van der Waals surface area contributed by atoms with Crippen molar-refractivity contribution in [3.05, 3.63) is 59.0 Å². The van der Waals surface area contributed by atoms with E-state index in [2.05, 4.69) is 0 Å². The number of carbonyl (C=O) groups is 1. The van der Waals surface area contributed by atoms with E-state index in [1.807, 2.05) is 42.9 Å². The highest BCUT2D eigenvalue weighted by molar-refractivity contribution is 6.15. The number of aromatic nitrogens is 1. The first-order chi connectivity index (χ1) is 12.5. The Kier molecular flexibility index (Phi) is 3.72. The molecule has 2 heterocycles. The molecule has 0 fully saturated rings. The number of hydrogen-bond acceptors (Lipinski definition) is 4. The van der Waals surface area contributed by atoms with E-state index in [9.17, 15) is 4.79 Å². The topological polar surface area (TPSA) is 49.7 Å². The number of allylic oxidation sites excluding steroid dienone is 1. The highest BCUT2D eigenvalue weighted by Crippen LogP contribution is 2.39. The Bertz CT molecular complexity index is 1080. The van der Waals surface area contributed by atoms with Crippen LogP contribution in [0.1, 0.15) is 21.5 Å². The molecule has 26 heavy (non-hydrogen) atoms. The monoisotopic (exact) mass is 349 g/mol. The summed E-state index contributed by atoms with van der Waals surface area (Å²) in [5, 5.41) is 1.00. The van der Waals surface area contributed by atoms with Crippen LogP contribution >= 0.6 is 0 Å². The molecule has 5 nitrogen and oxygen atoms in total. The number of nitrogens with zero attached hydrogens (tertiary/aromatic N) is 1. The highest BCUT2D eigenvalue weighted by Gasteiger charge is 2.30. The third kappa shape index (κ3) is 2.36. The fourth-order valence-corrected chi connectivity index (χ4v) is 3.37. The van der Waals surface area contributed by atoms with E-state index < -0.39 is 0 Å². The Balaban J connectivity index is 1.82. The average molecular weight is 349 g/mol. The molecular weight excluding hydrogens is 330 g/mol. The molecule has 4 rings (SSSR count). The van der Waals surface area contributed by atoms with E-state index in [4.69, 9.17) is 14.2 Å². The zero-order valence-electron chi connectivity index (χ0n) is 15.1. The summed E-state index contributed by atoms with van der Waals surface area (Å²) in [6.45, 7) is 1.89. The maximum atomic E-state index is 12.8. The summed E-state index contributed by atoms with van der Waals surface area (Å²) in [4.78, 5) is 12.8. The van der Waals surface area contributed by atoms with E-state index in [0.717, 1.165) is 27.8 Å². The molecule has 0 aliphatic carbocycles. The fourth-order valence-electron chi connectivity index (χ4n) is 3.37. The summed E-state index contributed by atoms with van der Waals surface area (Å²) < 4.78 is 18.6. The zero-order valence-corrected chi connectivity index (χ0v) is 15.1. The maximum Gasteiger partial charge on any atom is 0.231 e. The van der Waals surface area contributed by atoms with Crippen molar-refractivity contribution in [2.75, 3.05) is 14.2 Å². The largest absolute Gasteiger partial charge is 0.497 e. The van der Waals surface area contributed by atoms with Gasteiger partial charge in [-0.25, -0.2) is 0 Å². The Hall–Kier alpha value is -3.21. The van der Waals surface area contributed by atoms with Crippen LogP contribution in [0.25, 0.3) is 17.0 Å². The van der Waals surface area contributed by atoms with Crippen molar-refractivity contribution in [2.45, 2.75) is 6.92 Å². The van der Waals surface area contributed by atoms with Gasteiger partial charge in [0.05, 0.1) is 19.8 Å². The van der Waals surface area contributed by atoms with Crippen molar-refractivity contribution in [3.8, 4) is 17.2 Å². The Morgan fingerprint density at radius 2 is 1.92 bits per heavy atom. The number of carbonyl (C=O) groups excluding carboxylic acids is 1. The fraction of sp³-hybridized carbons (Fsp3) is 0.190. The van der Waals surface area contributed by atoms with Gasteiger partial charge in [0.25, 0.3) is 0 Å². The molecule has 132 valence electrons. The summed E-state index contributed by atoms with van der Waals surface area (Å²) in [7, 11) is 5.21. The molecule has 2 aromatic carbocycles. The van der Waals surface area contributed by atoms with Crippen molar-refractivity contribution < 1.29 is 19.0 Å². The van der Waals surface area contributed by atoms with E-state index >= 15 is 0 Å². The first-order valence-electron chi connectivity index (χ1n) is 8.28. The van der Waals surface area contributed by atoms with Crippen molar-refractivity contribution in [2.24, 2.45) is 7.05 Å². The molecule has 0 saturated heterocycles. The number of hydrogen-bond donors (Lipinski definition) is 0. The molecule has 5 heteroatoms.